The minimum absolute atomic E-state index is 0.111. The van der Waals surface area contributed by atoms with Gasteiger partial charge >= 0.3 is 5.69 Å². The molecule has 11 nitrogen and oxygen atoms in total. The molecule has 3 aliphatic rings. The van der Waals surface area contributed by atoms with Crippen LogP contribution in [0, 0.1) is 12.3 Å². The first-order valence-corrected chi connectivity index (χ1v) is 18.0. The quantitative estimate of drug-likeness (QED) is 0.253. The molecule has 0 radical (unpaired) electrons. The van der Waals surface area contributed by atoms with E-state index in [9.17, 15) is 14.4 Å². The summed E-state index contributed by atoms with van der Waals surface area (Å²) in [5, 5.41) is 3.10. The highest BCUT2D eigenvalue weighted by molar-refractivity contribution is 9.10. The molecule has 51 heavy (non-hydrogen) atoms. The molecule has 0 aliphatic carbocycles. The second kappa shape index (κ2) is 12.9. The van der Waals surface area contributed by atoms with Crippen LogP contribution < -0.4 is 15.9 Å². The number of hydrogen-bond donors (Lipinski definition) is 1. The van der Waals surface area contributed by atoms with Crippen LogP contribution in [0.15, 0.2) is 94.6 Å². The van der Waals surface area contributed by atoms with Gasteiger partial charge in [-0.3, -0.25) is 18.7 Å². The Morgan fingerprint density at radius 3 is 2.43 bits per heavy atom. The molecule has 0 unspecified atom stereocenters. The molecule has 2 fully saturated rings. The van der Waals surface area contributed by atoms with E-state index in [1.165, 1.54) is 10.9 Å². The van der Waals surface area contributed by atoms with Crippen molar-refractivity contribution in [3.8, 4) is 16.9 Å². The molecule has 0 bridgehead atoms. The summed E-state index contributed by atoms with van der Waals surface area (Å²) >= 11 is 3.53. The van der Waals surface area contributed by atoms with Gasteiger partial charge in [-0.05, 0) is 80.6 Å². The molecule has 2 saturated heterocycles. The van der Waals surface area contributed by atoms with Crippen molar-refractivity contribution in [1.29, 1.82) is 0 Å². The lowest BCUT2D eigenvalue weighted by Crippen LogP contribution is -2.71. The summed E-state index contributed by atoms with van der Waals surface area (Å²) in [6.07, 6.45) is 3.18. The second-order valence-corrected chi connectivity index (χ2v) is 15.1. The number of carbonyl (C=O) groups is 2. The summed E-state index contributed by atoms with van der Waals surface area (Å²) in [5.41, 5.74) is 6.52. The summed E-state index contributed by atoms with van der Waals surface area (Å²) in [6.45, 7) is 8.74. The fourth-order valence-electron chi connectivity index (χ4n) is 8.00. The number of anilines is 1. The lowest BCUT2D eigenvalue weighted by atomic mass is 9.73. The normalized spacial score (nSPS) is 17.8. The van der Waals surface area contributed by atoms with Crippen molar-refractivity contribution < 1.29 is 9.59 Å². The van der Waals surface area contributed by atoms with E-state index in [4.69, 9.17) is 0 Å². The first kappa shape index (κ1) is 33.1. The Morgan fingerprint density at radius 1 is 0.980 bits per heavy atom. The van der Waals surface area contributed by atoms with Gasteiger partial charge in [-0.15, -0.1) is 0 Å². The molecule has 8 rings (SSSR count). The van der Waals surface area contributed by atoms with Crippen LogP contribution in [0.25, 0.3) is 16.9 Å². The number of amides is 2. The lowest BCUT2D eigenvalue weighted by molar-refractivity contribution is -0.00238. The van der Waals surface area contributed by atoms with E-state index in [1.54, 1.807) is 21.7 Å². The summed E-state index contributed by atoms with van der Waals surface area (Å²) in [4.78, 5) is 57.5. The smallest absolute Gasteiger partial charge is 0.333 e. The Balaban J connectivity index is 1.14. The van der Waals surface area contributed by atoms with Gasteiger partial charge in [0.1, 0.15) is 12.0 Å². The molecule has 0 saturated carbocycles. The first-order valence-electron chi connectivity index (χ1n) is 17.2. The standard InChI is InChI=1S/C39H39BrN8O3/c1-25-16-27(8-13-32(25)40)37(50)46-19-34-35(36(49)42-17-28-6-4-5-7-31(28)33-14-15-41-24-43-33)48(38(51)47(34)18-26(46)2)30-11-9-29(10-12-30)45-22-39(23-45)20-44(3)21-39/h4-16,24,26H,17-23H2,1-3H3,(H,42,49)/t26-/m0/s1. The van der Waals surface area contributed by atoms with Crippen LogP contribution in [0.4, 0.5) is 5.69 Å². The summed E-state index contributed by atoms with van der Waals surface area (Å²) in [5.74, 6) is -0.549. The minimum Gasteiger partial charge on any atom is -0.370 e. The fraction of sp³-hybridized carbons (Fsp3) is 0.308. The Kier molecular flexibility index (Phi) is 8.38. The molecule has 260 valence electrons. The average molecular weight is 748 g/mol. The minimum atomic E-state index is -0.400. The fourth-order valence-corrected chi connectivity index (χ4v) is 8.24. The Hall–Kier alpha value is -5.07. The number of aryl methyl sites for hydroxylation is 1. The molecule has 1 N–H and O–H groups in total. The van der Waals surface area contributed by atoms with Gasteiger partial charge in [-0.2, -0.15) is 0 Å². The van der Waals surface area contributed by atoms with Crippen LogP contribution in [0.5, 0.6) is 0 Å². The van der Waals surface area contributed by atoms with E-state index in [-0.39, 0.29) is 43.0 Å². The van der Waals surface area contributed by atoms with Gasteiger partial charge in [0.05, 0.1) is 23.6 Å². The van der Waals surface area contributed by atoms with Gasteiger partial charge in [-0.1, -0.05) is 40.2 Å². The number of halogens is 1. The number of benzene rings is 3. The van der Waals surface area contributed by atoms with Gasteiger partial charge < -0.3 is 20.0 Å². The predicted molar refractivity (Wildman–Crippen MR) is 199 cm³/mol. The zero-order chi connectivity index (χ0) is 35.4. The van der Waals surface area contributed by atoms with E-state index in [1.807, 2.05) is 80.6 Å². The van der Waals surface area contributed by atoms with Gasteiger partial charge in [-0.25, -0.2) is 14.8 Å². The number of nitrogens with one attached hydrogen (secondary N) is 1. The highest BCUT2D eigenvalue weighted by Crippen LogP contribution is 2.41. The number of imidazole rings is 1. The van der Waals surface area contributed by atoms with Crippen molar-refractivity contribution >= 4 is 33.4 Å². The SMILES string of the molecule is Cc1cc(C(=O)N2Cc3c(C(=O)NCc4ccccc4-c4ccncn4)n(-c4ccc(N5CC6(CN(C)C6)C5)cc4)c(=O)n3C[C@@H]2C)ccc1Br. The van der Waals surface area contributed by atoms with Crippen molar-refractivity contribution in [1.82, 2.24) is 34.2 Å². The molecule has 1 spiro atoms. The third kappa shape index (κ3) is 5.95. The van der Waals surface area contributed by atoms with Crippen LogP contribution in [0.1, 0.15) is 44.6 Å². The van der Waals surface area contributed by atoms with E-state index in [0.29, 0.717) is 22.4 Å². The van der Waals surface area contributed by atoms with Crippen molar-refractivity contribution in [3.63, 3.8) is 0 Å². The van der Waals surface area contributed by atoms with E-state index in [0.717, 1.165) is 58.7 Å². The van der Waals surface area contributed by atoms with Crippen molar-refractivity contribution in [2.24, 2.45) is 5.41 Å². The Bertz CT molecular complexity index is 2200. The van der Waals surface area contributed by atoms with Gasteiger partial charge in [0.25, 0.3) is 11.8 Å². The monoisotopic (exact) mass is 746 g/mol. The summed E-state index contributed by atoms with van der Waals surface area (Å²) < 4.78 is 4.09. The molecule has 2 aromatic heterocycles. The largest absolute Gasteiger partial charge is 0.370 e. The first-order chi connectivity index (χ1) is 24.6. The van der Waals surface area contributed by atoms with Gasteiger partial charge in [0.2, 0.25) is 0 Å². The average Bonchev–Trinajstić information content (AvgIpc) is 3.40. The highest BCUT2D eigenvalue weighted by Gasteiger charge is 2.50. The maximum absolute atomic E-state index is 14.4. The van der Waals surface area contributed by atoms with Crippen LogP contribution in [0.3, 0.4) is 0 Å². The molecule has 5 heterocycles. The van der Waals surface area contributed by atoms with Crippen LogP contribution >= 0.6 is 15.9 Å². The van der Waals surface area contributed by atoms with E-state index < -0.39 is 5.91 Å². The third-order valence-corrected chi connectivity index (χ3v) is 11.4. The number of carbonyl (C=O) groups excluding carboxylic acids is 2. The molecule has 12 heteroatoms. The van der Waals surface area contributed by atoms with Crippen LogP contribution in [-0.4, -0.2) is 80.0 Å². The molecule has 3 aromatic carbocycles. The number of fused-ring (bicyclic) bond motifs is 1. The number of aromatic nitrogens is 4. The maximum Gasteiger partial charge on any atom is 0.333 e. The number of likely N-dealkylation sites (tertiary alicyclic amines) is 1. The van der Waals surface area contributed by atoms with Crippen molar-refractivity contribution in [3.05, 3.63) is 128 Å². The molecule has 2 amide bonds. The molecule has 5 aromatic rings. The van der Waals surface area contributed by atoms with Gasteiger partial charge in [0.15, 0.2) is 0 Å². The summed E-state index contributed by atoms with van der Waals surface area (Å²) in [7, 11) is 2.15. The maximum atomic E-state index is 14.4. The molecule has 1 atom stereocenters. The summed E-state index contributed by atoms with van der Waals surface area (Å²) in [6, 6.07) is 22.7. The Labute approximate surface area is 304 Å². The number of nitrogens with zero attached hydrogens (tertiary/aromatic N) is 7. The van der Waals surface area contributed by atoms with Crippen LogP contribution in [0.2, 0.25) is 0 Å². The van der Waals surface area contributed by atoms with E-state index in [2.05, 4.69) is 48.1 Å². The molecule has 3 aliphatic heterocycles. The van der Waals surface area contributed by atoms with E-state index >= 15 is 0 Å². The predicted octanol–water partition coefficient (Wildman–Crippen LogP) is 4.89. The number of hydrogen-bond acceptors (Lipinski definition) is 7. The zero-order valence-electron chi connectivity index (χ0n) is 28.8. The number of rotatable bonds is 7. The van der Waals surface area contributed by atoms with Crippen molar-refractivity contribution in [2.45, 2.75) is 39.5 Å². The molecular weight excluding hydrogens is 708 g/mol. The zero-order valence-corrected chi connectivity index (χ0v) is 30.4. The second-order valence-electron chi connectivity index (χ2n) is 14.2. The van der Waals surface area contributed by atoms with Crippen LogP contribution in [-0.2, 0) is 19.6 Å². The third-order valence-electron chi connectivity index (χ3n) is 10.5. The molecular formula is C39H39BrN8O3. The van der Waals surface area contributed by atoms with Gasteiger partial charge in [0, 0.05) is 78.2 Å². The Morgan fingerprint density at radius 2 is 1.73 bits per heavy atom. The lowest BCUT2D eigenvalue weighted by Gasteiger charge is -2.60. The van der Waals surface area contributed by atoms with Crippen molar-refractivity contribution in [2.75, 3.05) is 38.1 Å². The highest BCUT2D eigenvalue weighted by atomic mass is 79.9. The topological polar surface area (TPSA) is 109 Å².